The summed E-state index contributed by atoms with van der Waals surface area (Å²) in [6.45, 7) is 6.54. The molecule has 1 unspecified atom stereocenters. The highest BCUT2D eigenvalue weighted by Crippen LogP contribution is 2.17. The van der Waals surface area contributed by atoms with E-state index in [-0.39, 0.29) is 31.1 Å². The molecule has 0 amide bonds. The van der Waals surface area contributed by atoms with Crippen LogP contribution in [0, 0.1) is 0 Å². The summed E-state index contributed by atoms with van der Waals surface area (Å²) in [6, 6.07) is 0. The van der Waals surface area contributed by atoms with E-state index in [4.69, 9.17) is 14.2 Å². The largest absolute Gasteiger partial charge is 0.462 e. The van der Waals surface area contributed by atoms with Gasteiger partial charge in [-0.1, -0.05) is 293 Å². The van der Waals surface area contributed by atoms with Crippen LogP contribution in [0.4, 0.5) is 0 Å². The zero-order valence-electron chi connectivity index (χ0n) is 47.7. The number of ether oxygens (including phenoxy) is 3. The molecule has 0 aliphatic carbocycles. The fraction of sp³-hybridized carbons (Fsp3) is 0.773. The molecule has 416 valence electrons. The van der Waals surface area contributed by atoms with Gasteiger partial charge in [-0.05, 0) is 70.6 Å². The van der Waals surface area contributed by atoms with Crippen molar-refractivity contribution in [1.29, 1.82) is 0 Å². The first-order valence-electron chi connectivity index (χ1n) is 30.9. The van der Waals surface area contributed by atoms with Crippen LogP contribution in [0.5, 0.6) is 0 Å². The molecule has 0 fully saturated rings. The topological polar surface area (TPSA) is 78.9 Å². The number of unbranched alkanes of at least 4 members (excludes halogenated alkanes) is 33. The van der Waals surface area contributed by atoms with Gasteiger partial charge in [0.2, 0.25) is 0 Å². The Hall–Kier alpha value is -3.15. The number of allylic oxidation sites excluding steroid dienone is 12. The Labute approximate surface area is 446 Å². The quantitative estimate of drug-likeness (QED) is 0.0261. The van der Waals surface area contributed by atoms with Crippen molar-refractivity contribution in [2.24, 2.45) is 0 Å². The van der Waals surface area contributed by atoms with Crippen LogP contribution in [-0.4, -0.2) is 37.2 Å². The van der Waals surface area contributed by atoms with E-state index in [9.17, 15) is 14.4 Å². The number of hydrogen-bond donors (Lipinski definition) is 0. The molecule has 0 heterocycles. The lowest BCUT2D eigenvalue weighted by atomic mass is 10.0. The normalized spacial score (nSPS) is 12.5. The predicted molar refractivity (Wildman–Crippen MR) is 311 cm³/mol. The zero-order chi connectivity index (χ0) is 52.2. The van der Waals surface area contributed by atoms with E-state index in [0.717, 1.165) is 109 Å². The molecule has 0 aliphatic heterocycles. The SMILES string of the molecule is CC/C=C\C/C=C\C/C=C\C/C=C\C/C=C\C/C=C\CCCCCCC(=O)OCC(COC(=O)CCCCCCCCCCCCCC)OC(=O)CCCCCCCCCCCCCCCCCCCCC. The van der Waals surface area contributed by atoms with Crippen LogP contribution < -0.4 is 0 Å². The maximum absolute atomic E-state index is 12.9. The molecule has 0 aromatic heterocycles. The molecule has 1 atom stereocenters. The monoisotopic (exact) mass is 1000 g/mol. The molecule has 0 N–H and O–H groups in total. The number of carbonyl (C=O) groups is 3. The highest BCUT2D eigenvalue weighted by molar-refractivity contribution is 5.71. The highest BCUT2D eigenvalue weighted by atomic mass is 16.6. The van der Waals surface area contributed by atoms with E-state index in [1.807, 2.05) is 0 Å². The lowest BCUT2D eigenvalue weighted by Gasteiger charge is -2.18. The Morgan fingerprint density at radius 1 is 0.292 bits per heavy atom. The molecule has 6 heteroatoms. The van der Waals surface area contributed by atoms with E-state index in [2.05, 4.69) is 93.7 Å². The fourth-order valence-corrected chi connectivity index (χ4v) is 8.86. The van der Waals surface area contributed by atoms with Gasteiger partial charge in [0, 0.05) is 19.3 Å². The molecule has 0 saturated carbocycles. The van der Waals surface area contributed by atoms with E-state index in [0.29, 0.717) is 19.3 Å². The molecule has 6 nitrogen and oxygen atoms in total. The molecular formula is C66H116O6. The number of rotatable bonds is 56. The molecule has 0 rings (SSSR count). The first-order valence-corrected chi connectivity index (χ1v) is 30.9. The summed E-state index contributed by atoms with van der Waals surface area (Å²) in [6.07, 6.45) is 77.6. The van der Waals surface area contributed by atoms with Crippen molar-refractivity contribution in [3.05, 3.63) is 72.9 Å². The summed E-state index contributed by atoms with van der Waals surface area (Å²) in [5, 5.41) is 0. The smallest absolute Gasteiger partial charge is 0.306 e. The van der Waals surface area contributed by atoms with E-state index >= 15 is 0 Å². The van der Waals surface area contributed by atoms with Gasteiger partial charge in [0.15, 0.2) is 6.10 Å². The van der Waals surface area contributed by atoms with Crippen molar-refractivity contribution >= 4 is 17.9 Å². The third-order valence-electron chi connectivity index (χ3n) is 13.5. The zero-order valence-corrected chi connectivity index (χ0v) is 47.7. The summed E-state index contributed by atoms with van der Waals surface area (Å²) >= 11 is 0. The van der Waals surface area contributed by atoms with Gasteiger partial charge in [-0.25, -0.2) is 0 Å². The molecule has 0 saturated heterocycles. The molecule has 0 aromatic rings. The molecule has 0 bridgehead atoms. The molecule has 0 radical (unpaired) electrons. The van der Waals surface area contributed by atoms with Gasteiger partial charge in [0.05, 0.1) is 0 Å². The van der Waals surface area contributed by atoms with Crippen molar-refractivity contribution in [3.63, 3.8) is 0 Å². The first-order chi connectivity index (χ1) is 35.5. The van der Waals surface area contributed by atoms with Crippen LogP contribution >= 0.6 is 0 Å². The van der Waals surface area contributed by atoms with Crippen LogP contribution in [0.1, 0.15) is 310 Å². The van der Waals surface area contributed by atoms with Gasteiger partial charge < -0.3 is 14.2 Å². The van der Waals surface area contributed by atoms with Gasteiger partial charge in [0.25, 0.3) is 0 Å². The standard InChI is InChI=1S/C66H116O6/c1-4-7-10-13-16-19-22-25-27-29-31-32-33-34-36-37-39-41-44-47-50-53-56-59-65(68)71-62-63(61-70-64(67)58-55-52-49-46-43-24-21-18-15-12-9-6-3)72-66(69)60-57-54-51-48-45-42-40-38-35-30-28-26-23-20-17-14-11-8-5-2/h7,10,16,19,25,27,31-32,34,36,39,41,63H,4-6,8-9,11-15,17-18,20-24,26,28-30,33,35,37-38,40,42-62H2,1-3H3/b10-7-,19-16-,27-25-,32-31-,36-34-,41-39-. The maximum atomic E-state index is 12.9. The summed E-state index contributed by atoms with van der Waals surface area (Å²) in [5.74, 6) is -0.890. The van der Waals surface area contributed by atoms with E-state index in [1.165, 1.54) is 161 Å². The van der Waals surface area contributed by atoms with Crippen LogP contribution in [-0.2, 0) is 28.6 Å². The lowest BCUT2D eigenvalue weighted by Crippen LogP contribution is -2.30. The van der Waals surface area contributed by atoms with Gasteiger partial charge in [-0.2, -0.15) is 0 Å². The van der Waals surface area contributed by atoms with Gasteiger partial charge >= 0.3 is 17.9 Å². The average Bonchev–Trinajstić information content (AvgIpc) is 3.38. The maximum Gasteiger partial charge on any atom is 0.306 e. The van der Waals surface area contributed by atoms with Crippen molar-refractivity contribution in [3.8, 4) is 0 Å². The Morgan fingerprint density at radius 2 is 0.542 bits per heavy atom. The molecular weight excluding hydrogens is 889 g/mol. The van der Waals surface area contributed by atoms with Crippen LogP contribution in [0.2, 0.25) is 0 Å². The van der Waals surface area contributed by atoms with Gasteiger partial charge in [-0.15, -0.1) is 0 Å². The van der Waals surface area contributed by atoms with Crippen LogP contribution in [0.3, 0.4) is 0 Å². The minimum absolute atomic E-state index is 0.0795. The summed E-state index contributed by atoms with van der Waals surface area (Å²) in [5.41, 5.74) is 0. The Balaban J connectivity index is 4.36. The average molecular weight is 1010 g/mol. The Morgan fingerprint density at radius 3 is 0.847 bits per heavy atom. The number of esters is 3. The number of carbonyl (C=O) groups excluding carboxylic acids is 3. The Bertz CT molecular complexity index is 1340. The van der Waals surface area contributed by atoms with Crippen molar-refractivity contribution < 1.29 is 28.6 Å². The minimum Gasteiger partial charge on any atom is -0.462 e. The second kappa shape index (κ2) is 60.4. The van der Waals surface area contributed by atoms with Gasteiger partial charge in [0.1, 0.15) is 13.2 Å². The summed E-state index contributed by atoms with van der Waals surface area (Å²) in [4.78, 5) is 38.2. The highest BCUT2D eigenvalue weighted by Gasteiger charge is 2.19. The van der Waals surface area contributed by atoms with Crippen molar-refractivity contribution in [2.75, 3.05) is 13.2 Å². The lowest BCUT2D eigenvalue weighted by molar-refractivity contribution is -0.167. The fourth-order valence-electron chi connectivity index (χ4n) is 8.86. The predicted octanol–water partition coefficient (Wildman–Crippen LogP) is 20.9. The molecule has 72 heavy (non-hydrogen) atoms. The van der Waals surface area contributed by atoms with E-state index < -0.39 is 6.10 Å². The molecule has 0 spiro atoms. The van der Waals surface area contributed by atoms with Crippen LogP contribution in [0.15, 0.2) is 72.9 Å². The molecule has 0 aliphatic rings. The van der Waals surface area contributed by atoms with Gasteiger partial charge in [-0.3, -0.25) is 14.4 Å². The minimum atomic E-state index is -0.783. The second-order valence-electron chi connectivity index (χ2n) is 20.6. The van der Waals surface area contributed by atoms with E-state index in [1.54, 1.807) is 0 Å². The third-order valence-corrected chi connectivity index (χ3v) is 13.5. The first kappa shape index (κ1) is 68.8. The van der Waals surface area contributed by atoms with Crippen LogP contribution in [0.25, 0.3) is 0 Å². The second-order valence-corrected chi connectivity index (χ2v) is 20.6. The Kier molecular flexibility index (Phi) is 57.8. The van der Waals surface area contributed by atoms with Crippen molar-refractivity contribution in [1.82, 2.24) is 0 Å². The van der Waals surface area contributed by atoms with Crippen molar-refractivity contribution in [2.45, 2.75) is 316 Å². The third kappa shape index (κ3) is 57.7. The summed E-state index contributed by atoms with van der Waals surface area (Å²) in [7, 11) is 0. The number of hydrogen-bond acceptors (Lipinski definition) is 6. The molecule has 0 aromatic carbocycles. The summed E-state index contributed by atoms with van der Waals surface area (Å²) < 4.78 is 16.9.